The molecule has 118 valence electrons. The van der Waals surface area contributed by atoms with Crippen LogP contribution in [0.3, 0.4) is 0 Å². The Hall–Kier alpha value is -1.63. The molecule has 3 rings (SSSR count). The zero-order valence-corrected chi connectivity index (χ0v) is 14.8. The van der Waals surface area contributed by atoms with Crippen molar-refractivity contribution in [3.05, 3.63) is 16.9 Å². The number of hydrogen-bond donors (Lipinski definition) is 0. The Morgan fingerprint density at radius 3 is 2.68 bits per heavy atom. The molecule has 1 saturated heterocycles. The van der Waals surface area contributed by atoms with Crippen molar-refractivity contribution in [3.8, 4) is 0 Å². The van der Waals surface area contributed by atoms with E-state index in [1.807, 2.05) is 16.9 Å². The van der Waals surface area contributed by atoms with Crippen LogP contribution in [-0.4, -0.2) is 52.8 Å². The second-order valence-corrected chi connectivity index (χ2v) is 7.03. The average Bonchev–Trinajstić information content (AvgIpc) is 2.75. The number of halogens is 1. The Bertz CT molecular complexity index is 718. The molecule has 0 bridgehead atoms. The summed E-state index contributed by atoms with van der Waals surface area (Å²) >= 11 is 3.42. The summed E-state index contributed by atoms with van der Waals surface area (Å²) in [5.74, 6) is 1.17. The van der Waals surface area contributed by atoms with Crippen LogP contribution in [0.25, 0.3) is 10.9 Å². The zero-order valence-electron chi connectivity index (χ0n) is 13.2. The molecule has 6 nitrogen and oxygen atoms in total. The predicted molar refractivity (Wildman–Crippen MR) is 90.0 cm³/mol. The number of nitrogens with zero attached hydrogens (tertiary/aromatic N) is 5. The van der Waals surface area contributed by atoms with Gasteiger partial charge in [0.05, 0.1) is 16.8 Å². The fourth-order valence-corrected chi connectivity index (χ4v) is 3.11. The van der Waals surface area contributed by atoms with Gasteiger partial charge in [-0.2, -0.15) is 5.10 Å². The molecule has 0 N–H and O–H groups in total. The highest BCUT2D eigenvalue weighted by Crippen LogP contribution is 2.33. The number of carbonyl (C=O) groups excluding carboxylic acids is 1. The lowest BCUT2D eigenvalue weighted by molar-refractivity contribution is -0.133. The number of carbonyl (C=O) groups is 1. The van der Waals surface area contributed by atoms with Crippen LogP contribution in [-0.2, 0) is 4.79 Å². The van der Waals surface area contributed by atoms with Crippen LogP contribution < -0.4 is 4.90 Å². The maximum atomic E-state index is 12.0. The molecule has 0 unspecified atom stereocenters. The lowest BCUT2D eigenvalue weighted by atomic mass is 9.98. The number of fused-ring (bicyclic) bond motifs is 1. The first kappa shape index (κ1) is 15.3. The van der Waals surface area contributed by atoms with Crippen molar-refractivity contribution in [2.75, 3.05) is 32.1 Å². The summed E-state index contributed by atoms with van der Waals surface area (Å²) in [5, 5.41) is 5.78. The molecule has 1 aliphatic heterocycles. The van der Waals surface area contributed by atoms with Gasteiger partial charge in [-0.3, -0.25) is 9.48 Å². The molecular formula is C15H20BrN5O. The van der Waals surface area contributed by atoms with Gasteiger partial charge in [0.1, 0.15) is 4.60 Å². The second-order valence-electron chi connectivity index (χ2n) is 6.22. The van der Waals surface area contributed by atoms with E-state index in [4.69, 9.17) is 5.10 Å². The third-order valence-electron chi connectivity index (χ3n) is 4.00. The maximum absolute atomic E-state index is 12.0. The van der Waals surface area contributed by atoms with Gasteiger partial charge in [-0.05, 0) is 35.8 Å². The Morgan fingerprint density at radius 1 is 1.41 bits per heavy atom. The zero-order chi connectivity index (χ0) is 16.0. The number of anilines is 1. The van der Waals surface area contributed by atoms with Crippen LogP contribution >= 0.6 is 15.9 Å². The van der Waals surface area contributed by atoms with E-state index >= 15 is 0 Å². The van der Waals surface area contributed by atoms with Crippen molar-refractivity contribution in [1.29, 1.82) is 0 Å². The normalized spacial score (nSPS) is 15.5. The third kappa shape index (κ3) is 2.47. The van der Waals surface area contributed by atoms with Crippen molar-refractivity contribution in [2.24, 2.45) is 5.92 Å². The molecule has 2 aromatic heterocycles. The molecule has 1 aliphatic rings. The third-order valence-corrected chi connectivity index (χ3v) is 4.43. The fourth-order valence-electron chi connectivity index (χ4n) is 2.79. The molecule has 1 fully saturated rings. The Labute approximate surface area is 138 Å². The largest absolute Gasteiger partial charge is 0.353 e. The molecular weight excluding hydrogens is 346 g/mol. The minimum absolute atomic E-state index is 0.0673. The second kappa shape index (κ2) is 5.53. The SMILES string of the molecule is CC(C)n1nc(N2CC(C(=O)N(C)C)C2)c2cnc(Br)cc21. The molecule has 22 heavy (non-hydrogen) atoms. The van der Waals surface area contributed by atoms with Gasteiger partial charge in [-0.25, -0.2) is 4.98 Å². The molecule has 0 saturated carbocycles. The highest BCUT2D eigenvalue weighted by molar-refractivity contribution is 9.10. The maximum Gasteiger partial charge on any atom is 0.228 e. The molecule has 0 aromatic carbocycles. The molecule has 0 radical (unpaired) electrons. The van der Waals surface area contributed by atoms with E-state index < -0.39 is 0 Å². The van der Waals surface area contributed by atoms with Crippen molar-refractivity contribution >= 4 is 38.6 Å². The number of rotatable bonds is 3. The lowest BCUT2D eigenvalue weighted by Gasteiger charge is -2.39. The summed E-state index contributed by atoms with van der Waals surface area (Å²) in [4.78, 5) is 20.1. The van der Waals surface area contributed by atoms with Gasteiger partial charge in [0.25, 0.3) is 0 Å². The first-order valence-corrected chi connectivity index (χ1v) is 8.17. The van der Waals surface area contributed by atoms with Crippen molar-refractivity contribution < 1.29 is 4.79 Å². The fraction of sp³-hybridized carbons (Fsp3) is 0.533. The van der Waals surface area contributed by atoms with Crippen molar-refractivity contribution in [1.82, 2.24) is 19.7 Å². The van der Waals surface area contributed by atoms with Crippen LogP contribution in [0.4, 0.5) is 5.82 Å². The van der Waals surface area contributed by atoms with Crippen LogP contribution in [0.1, 0.15) is 19.9 Å². The Kier molecular flexibility index (Phi) is 3.84. The van der Waals surface area contributed by atoms with E-state index in [9.17, 15) is 4.79 Å². The van der Waals surface area contributed by atoms with Crippen LogP contribution in [0.2, 0.25) is 0 Å². The minimum Gasteiger partial charge on any atom is -0.353 e. The summed E-state index contributed by atoms with van der Waals surface area (Å²) in [7, 11) is 3.60. The van der Waals surface area contributed by atoms with Crippen molar-refractivity contribution in [2.45, 2.75) is 19.9 Å². The number of aromatic nitrogens is 3. The van der Waals surface area contributed by atoms with E-state index in [-0.39, 0.29) is 17.9 Å². The van der Waals surface area contributed by atoms with E-state index in [2.05, 4.69) is 39.7 Å². The van der Waals surface area contributed by atoms with Gasteiger partial charge >= 0.3 is 0 Å². The molecule has 0 atom stereocenters. The van der Waals surface area contributed by atoms with E-state index in [0.29, 0.717) is 0 Å². The monoisotopic (exact) mass is 365 g/mol. The van der Waals surface area contributed by atoms with Gasteiger partial charge in [0.15, 0.2) is 5.82 Å². The van der Waals surface area contributed by atoms with Gasteiger partial charge in [0, 0.05) is 39.4 Å². The quantitative estimate of drug-likeness (QED) is 0.783. The van der Waals surface area contributed by atoms with Crippen LogP contribution in [0.15, 0.2) is 16.9 Å². The van der Waals surface area contributed by atoms with E-state index in [1.165, 1.54) is 0 Å². The molecule has 1 amide bonds. The Balaban J connectivity index is 1.91. The molecule has 3 heterocycles. The van der Waals surface area contributed by atoms with E-state index in [1.54, 1.807) is 19.0 Å². The first-order valence-electron chi connectivity index (χ1n) is 7.38. The highest BCUT2D eigenvalue weighted by Gasteiger charge is 2.36. The summed E-state index contributed by atoms with van der Waals surface area (Å²) in [6.45, 7) is 5.66. The van der Waals surface area contributed by atoms with Gasteiger partial charge in [0.2, 0.25) is 5.91 Å². The predicted octanol–water partition coefficient (Wildman–Crippen LogP) is 2.30. The standard InChI is InChI=1S/C15H20BrN5O/c1-9(2)21-12-5-13(16)17-6-11(12)14(18-21)20-7-10(8-20)15(22)19(3)4/h5-6,9-10H,7-8H2,1-4H3. The van der Waals surface area contributed by atoms with Crippen LogP contribution in [0, 0.1) is 5.92 Å². The first-order chi connectivity index (χ1) is 10.4. The van der Waals surface area contributed by atoms with E-state index in [0.717, 1.165) is 34.4 Å². The Morgan fingerprint density at radius 2 is 2.09 bits per heavy atom. The highest BCUT2D eigenvalue weighted by atomic mass is 79.9. The van der Waals surface area contributed by atoms with Gasteiger partial charge in [-0.1, -0.05) is 0 Å². The van der Waals surface area contributed by atoms with Crippen LogP contribution in [0.5, 0.6) is 0 Å². The van der Waals surface area contributed by atoms with Gasteiger partial charge < -0.3 is 9.80 Å². The number of amides is 1. The molecule has 2 aromatic rings. The summed E-state index contributed by atoms with van der Waals surface area (Å²) < 4.78 is 2.82. The molecule has 0 spiro atoms. The van der Waals surface area contributed by atoms with Crippen molar-refractivity contribution in [3.63, 3.8) is 0 Å². The topological polar surface area (TPSA) is 54.3 Å². The number of hydrogen-bond acceptors (Lipinski definition) is 4. The minimum atomic E-state index is 0.0673. The summed E-state index contributed by atoms with van der Waals surface area (Å²) in [6, 6.07) is 2.26. The smallest absolute Gasteiger partial charge is 0.228 e. The summed E-state index contributed by atoms with van der Waals surface area (Å²) in [5.41, 5.74) is 1.06. The number of pyridine rings is 1. The molecule has 0 aliphatic carbocycles. The summed E-state index contributed by atoms with van der Waals surface area (Å²) in [6.07, 6.45) is 1.85. The average molecular weight is 366 g/mol. The molecule has 7 heteroatoms. The lowest BCUT2D eigenvalue weighted by Crippen LogP contribution is -2.53. The van der Waals surface area contributed by atoms with Gasteiger partial charge in [-0.15, -0.1) is 0 Å².